The largest absolute Gasteiger partial charge is 0.493 e. The smallest absolute Gasteiger partial charge is 0.274 e. The van der Waals surface area contributed by atoms with E-state index in [9.17, 15) is 9.59 Å². The van der Waals surface area contributed by atoms with E-state index in [-0.39, 0.29) is 18.4 Å². The lowest BCUT2D eigenvalue weighted by Gasteiger charge is -2.25. The minimum Gasteiger partial charge on any atom is -0.493 e. The molecule has 6 rings (SSSR count). The van der Waals surface area contributed by atoms with Gasteiger partial charge in [-0.05, 0) is 69.2 Å². The highest BCUT2D eigenvalue weighted by molar-refractivity contribution is 5.96. The summed E-state index contributed by atoms with van der Waals surface area (Å²) in [5.41, 5.74) is 3.20. The molecule has 2 fully saturated rings. The summed E-state index contributed by atoms with van der Waals surface area (Å²) in [5, 5.41) is 3.18. The molecule has 0 unspecified atom stereocenters. The molecule has 4 bridgehead atoms. The number of hydrogen-bond donors (Lipinski definition) is 2. The Bertz CT molecular complexity index is 1390. The number of benzene rings is 2. The number of methoxy groups -OCH3 is 1. The van der Waals surface area contributed by atoms with Gasteiger partial charge in [-0.3, -0.25) is 14.5 Å². The number of amides is 2. The number of fused-ring (bicyclic) bond motifs is 8. The van der Waals surface area contributed by atoms with Gasteiger partial charge in [0.05, 0.1) is 20.3 Å². The van der Waals surface area contributed by atoms with Crippen molar-refractivity contribution in [1.29, 1.82) is 0 Å². The van der Waals surface area contributed by atoms with Gasteiger partial charge in [-0.2, -0.15) is 0 Å². The maximum Gasteiger partial charge on any atom is 0.274 e. The number of aromatic nitrogens is 2. The lowest BCUT2D eigenvalue weighted by Crippen LogP contribution is -2.43. The van der Waals surface area contributed by atoms with Gasteiger partial charge in [0, 0.05) is 36.4 Å². The second-order valence-corrected chi connectivity index (χ2v) is 11.4. The fraction of sp³-hybridized carbons (Fsp3) is 0.469. The number of ether oxygens (including phenoxy) is 2. The molecule has 0 spiro atoms. The molecule has 0 saturated carbocycles. The number of H-pyrrole nitrogens is 1. The SMILES string of the molecule is COc1ccc2cc1OCCCCN(C(=O)c1nc(-c3ccccc3)[nH]c1C)CC(=O)NC[C@H]1C[C@H]2N2CCC[C@@H]12. The van der Waals surface area contributed by atoms with Crippen LogP contribution in [0.2, 0.25) is 0 Å². The second kappa shape index (κ2) is 11.9. The molecule has 3 aromatic rings. The van der Waals surface area contributed by atoms with Gasteiger partial charge in [0.25, 0.3) is 5.91 Å². The molecule has 2 N–H and O–H groups in total. The normalized spacial score (nSPS) is 23.5. The van der Waals surface area contributed by atoms with Crippen LogP contribution in [0.15, 0.2) is 48.5 Å². The van der Waals surface area contributed by atoms with Crippen molar-refractivity contribution in [2.24, 2.45) is 5.92 Å². The van der Waals surface area contributed by atoms with Gasteiger partial charge >= 0.3 is 0 Å². The highest BCUT2D eigenvalue weighted by Crippen LogP contribution is 2.46. The van der Waals surface area contributed by atoms with Crippen molar-refractivity contribution < 1.29 is 19.1 Å². The van der Waals surface area contributed by atoms with Crippen LogP contribution in [0.4, 0.5) is 0 Å². The standard InChI is InChI=1S/C32H39N5O4/c1-21-30(35-31(34-21)22-9-4-3-5-10-22)32(39)36-14-6-7-16-41-28-18-23(12-13-27(28)40-2)26-17-24(19-33-29(38)20-36)25-11-8-15-37(25)26/h3-5,9-10,12-13,18,24-26H,6-8,11,14-17,19-20H2,1-2H3,(H,33,38)(H,34,35)/t24-,25+,26-/m1/s1. The number of rotatable bonds is 3. The van der Waals surface area contributed by atoms with Gasteiger partial charge in [-0.15, -0.1) is 0 Å². The van der Waals surface area contributed by atoms with E-state index in [0.29, 0.717) is 61.3 Å². The van der Waals surface area contributed by atoms with Crippen LogP contribution in [-0.4, -0.2) is 77.5 Å². The monoisotopic (exact) mass is 557 g/mol. The fourth-order valence-electron chi connectivity index (χ4n) is 6.71. The third-order valence-electron chi connectivity index (χ3n) is 8.78. The molecule has 1 aromatic heterocycles. The van der Waals surface area contributed by atoms with E-state index >= 15 is 0 Å². The van der Waals surface area contributed by atoms with E-state index in [2.05, 4.69) is 32.3 Å². The zero-order valence-electron chi connectivity index (χ0n) is 23.9. The first kappa shape index (κ1) is 27.3. The Morgan fingerprint density at radius 2 is 1.95 bits per heavy atom. The summed E-state index contributed by atoms with van der Waals surface area (Å²) in [6.45, 7) is 4.46. The van der Waals surface area contributed by atoms with Crippen molar-refractivity contribution in [2.45, 2.75) is 51.1 Å². The maximum absolute atomic E-state index is 13.7. The van der Waals surface area contributed by atoms with Crippen LogP contribution in [0.1, 0.15) is 59.9 Å². The highest BCUT2D eigenvalue weighted by atomic mass is 16.5. The van der Waals surface area contributed by atoms with Crippen molar-refractivity contribution >= 4 is 11.8 Å². The van der Waals surface area contributed by atoms with Crippen LogP contribution < -0.4 is 14.8 Å². The molecule has 9 heteroatoms. The number of hydrogen-bond acceptors (Lipinski definition) is 6. The summed E-state index contributed by atoms with van der Waals surface area (Å²) in [6, 6.07) is 16.8. The fourth-order valence-corrected chi connectivity index (χ4v) is 6.71. The van der Waals surface area contributed by atoms with E-state index in [1.165, 1.54) is 12.0 Å². The third kappa shape index (κ3) is 5.68. The molecular weight excluding hydrogens is 518 g/mol. The summed E-state index contributed by atoms with van der Waals surface area (Å²) < 4.78 is 11.8. The summed E-state index contributed by atoms with van der Waals surface area (Å²) in [5.74, 6) is 2.13. The molecule has 2 aromatic carbocycles. The minimum absolute atomic E-state index is 0.00402. The van der Waals surface area contributed by atoms with E-state index in [1.807, 2.05) is 43.3 Å². The van der Waals surface area contributed by atoms with Crippen LogP contribution >= 0.6 is 0 Å². The van der Waals surface area contributed by atoms with Crippen LogP contribution in [0, 0.1) is 12.8 Å². The molecule has 41 heavy (non-hydrogen) atoms. The van der Waals surface area contributed by atoms with Gasteiger partial charge in [-0.25, -0.2) is 4.98 Å². The maximum atomic E-state index is 13.7. The Hall–Kier alpha value is -3.85. The van der Waals surface area contributed by atoms with Crippen molar-refractivity contribution in [3.05, 3.63) is 65.5 Å². The zero-order chi connectivity index (χ0) is 28.3. The number of carbonyl (C=O) groups is 2. The quantitative estimate of drug-likeness (QED) is 0.497. The predicted molar refractivity (Wildman–Crippen MR) is 156 cm³/mol. The lowest BCUT2D eigenvalue weighted by atomic mass is 9.94. The lowest BCUT2D eigenvalue weighted by molar-refractivity contribution is -0.122. The Morgan fingerprint density at radius 3 is 2.78 bits per heavy atom. The first-order valence-electron chi connectivity index (χ1n) is 14.8. The third-order valence-corrected chi connectivity index (χ3v) is 8.78. The number of aryl methyl sites for hydroxylation is 1. The average Bonchev–Trinajstić information content (AvgIpc) is 3.71. The Morgan fingerprint density at radius 1 is 1.10 bits per heavy atom. The summed E-state index contributed by atoms with van der Waals surface area (Å²) >= 11 is 0. The van der Waals surface area contributed by atoms with E-state index in [0.717, 1.165) is 42.9 Å². The summed E-state index contributed by atoms with van der Waals surface area (Å²) in [6.07, 6.45) is 4.71. The molecule has 0 aliphatic carbocycles. The number of aromatic amines is 1. The molecule has 2 saturated heterocycles. The molecule has 216 valence electrons. The molecule has 3 atom stereocenters. The van der Waals surface area contributed by atoms with Crippen molar-refractivity contribution in [2.75, 3.05) is 39.9 Å². The Balaban J connectivity index is 1.23. The zero-order valence-corrected chi connectivity index (χ0v) is 23.9. The van der Waals surface area contributed by atoms with Gasteiger partial charge < -0.3 is 24.7 Å². The van der Waals surface area contributed by atoms with Crippen LogP contribution in [0.5, 0.6) is 11.5 Å². The van der Waals surface area contributed by atoms with Crippen molar-refractivity contribution in [3.8, 4) is 22.9 Å². The van der Waals surface area contributed by atoms with E-state index < -0.39 is 0 Å². The number of imidazole rings is 1. The first-order valence-corrected chi connectivity index (χ1v) is 14.8. The van der Waals surface area contributed by atoms with Gasteiger partial charge in [0.1, 0.15) is 11.5 Å². The van der Waals surface area contributed by atoms with Crippen LogP contribution in [-0.2, 0) is 4.79 Å². The van der Waals surface area contributed by atoms with E-state index in [1.54, 1.807) is 12.0 Å². The number of carbonyl (C=O) groups excluding carboxylic acids is 2. The molecule has 2 amide bonds. The second-order valence-electron chi connectivity index (χ2n) is 11.4. The number of nitrogens with one attached hydrogen (secondary N) is 2. The number of nitrogens with zero attached hydrogens (tertiary/aromatic N) is 3. The molecular formula is C32H39N5O4. The molecule has 3 aliphatic rings. The predicted octanol–water partition coefficient (Wildman–Crippen LogP) is 4.35. The first-order chi connectivity index (χ1) is 20.0. The minimum atomic E-state index is -0.240. The van der Waals surface area contributed by atoms with Crippen molar-refractivity contribution in [1.82, 2.24) is 25.1 Å². The van der Waals surface area contributed by atoms with Crippen molar-refractivity contribution in [3.63, 3.8) is 0 Å². The van der Waals surface area contributed by atoms with Gasteiger partial charge in [0.2, 0.25) is 5.91 Å². The summed E-state index contributed by atoms with van der Waals surface area (Å²) in [7, 11) is 1.67. The van der Waals surface area contributed by atoms with E-state index in [4.69, 9.17) is 9.47 Å². The van der Waals surface area contributed by atoms with Crippen LogP contribution in [0.25, 0.3) is 11.4 Å². The Kier molecular flexibility index (Phi) is 7.96. The van der Waals surface area contributed by atoms with Gasteiger partial charge in [-0.1, -0.05) is 36.4 Å². The average molecular weight is 558 g/mol. The molecule has 3 aliphatic heterocycles. The Labute approximate surface area is 241 Å². The topological polar surface area (TPSA) is 99.8 Å². The molecule has 9 nitrogen and oxygen atoms in total. The highest BCUT2D eigenvalue weighted by Gasteiger charge is 2.44. The summed E-state index contributed by atoms with van der Waals surface area (Å²) in [4.78, 5) is 39.1. The van der Waals surface area contributed by atoms with Gasteiger partial charge in [0.15, 0.2) is 11.5 Å². The molecule has 0 radical (unpaired) electrons. The molecule has 4 heterocycles. The van der Waals surface area contributed by atoms with Crippen LogP contribution in [0.3, 0.4) is 0 Å².